The fraction of sp³-hybridized carbons (Fsp3) is 0.667. The van der Waals surface area contributed by atoms with E-state index in [9.17, 15) is 0 Å². The van der Waals surface area contributed by atoms with Crippen LogP contribution in [0, 0.1) is 18.3 Å². The van der Waals surface area contributed by atoms with Crippen LogP contribution in [0.1, 0.15) is 31.9 Å². The molecule has 1 aromatic rings. The maximum Gasteiger partial charge on any atom is 0.103 e. The Labute approximate surface area is 97.3 Å². The zero-order valence-corrected chi connectivity index (χ0v) is 10.3. The normalized spacial score (nSPS) is 14.4. The maximum absolute atomic E-state index is 8.97. The van der Waals surface area contributed by atoms with Crippen LogP contribution in [0.15, 0.2) is 12.3 Å². The highest BCUT2D eigenvalue weighted by Gasteiger charge is 2.19. The Bertz CT molecular complexity index is 363. The molecule has 16 heavy (non-hydrogen) atoms. The maximum atomic E-state index is 8.97. The molecule has 0 amide bonds. The highest BCUT2D eigenvalue weighted by Crippen LogP contribution is 2.12. The lowest BCUT2D eigenvalue weighted by Gasteiger charge is -2.20. The predicted molar refractivity (Wildman–Crippen MR) is 63.9 cm³/mol. The Kier molecular flexibility index (Phi) is 4.51. The summed E-state index contributed by atoms with van der Waals surface area (Å²) in [5.74, 6) is 0. The Morgan fingerprint density at radius 3 is 2.81 bits per heavy atom. The second-order valence-corrected chi connectivity index (χ2v) is 4.37. The van der Waals surface area contributed by atoms with Crippen LogP contribution in [0.4, 0.5) is 0 Å². The number of rotatable bonds is 6. The molecule has 0 aliphatic heterocycles. The summed E-state index contributed by atoms with van der Waals surface area (Å²) in [6.07, 6.45) is 4.96. The second kappa shape index (κ2) is 5.66. The lowest BCUT2D eigenvalue weighted by Crippen LogP contribution is -2.37. The zero-order valence-electron chi connectivity index (χ0n) is 10.3. The lowest BCUT2D eigenvalue weighted by molar-refractivity contribution is 0.419. The van der Waals surface area contributed by atoms with Crippen molar-refractivity contribution in [2.24, 2.45) is 0 Å². The van der Waals surface area contributed by atoms with Crippen LogP contribution < -0.4 is 5.32 Å². The fourth-order valence-corrected chi connectivity index (χ4v) is 1.58. The van der Waals surface area contributed by atoms with Crippen LogP contribution in [0.5, 0.6) is 0 Å². The van der Waals surface area contributed by atoms with Gasteiger partial charge in [0.2, 0.25) is 0 Å². The molecular formula is C12H20N4. The van der Waals surface area contributed by atoms with Gasteiger partial charge in [0.25, 0.3) is 0 Å². The van der Waals surface area contributed by atoms with E-state index in [4.69, 9.17) is 5.26 Å². The summed E-state index contributed by atoms with van der Waals surface area (Å²) in [6, 6.07) is 4.30. The van der Waals surface area contributed by atoms with Crippen molar-refractivity contribution >= 4 is 0 Å². The SMILES string of the molecule is CNC(C)(C#N)CCCCn1ccc(C)n1. The summed E-state index contributed by atoms with van der Waals surface area (Å²) >= 11 is 0. The summed E-state index contributed by atoms with van der Waals surface area (Å²) in [6.45, 7) is 4.86. The van der Waals surface area contributed by atoms with Gasteiger partial charge in [-0.1, -0.05) is 0 Å². The molecule has 1 N–H and O–H groups in total. The van der Waals surface area contributed by atoms with Crippen LogP contribution in [0.3, 0.4) is 0 Å². The van der Waals surface area contributed by atoms with Crippen LogP contribution in [-0.2, 0) is 6.54 Å². The topological polar surface area (TPSA) is 53.6 Å². The van der Waals surface area contributed by atoms with Gasteiger partial charge in [-0.05, 0) is 46.2 Å². The number of aromatic nitrogens is 2. The predicted octanol–water partition coefficient (Wildman–Crippen LogP) is 1.86. The number of nitrogens with one attached hydrogen (secondary N) is 1. The fourth-order valence-electron chi connectivity index (χ4n) is 1.58. The Morgan fingerprint density at radius 2 is 2.31 bits per heavy atom. The third kappa shape index (κ3) is 3.67. The first-order valence-corrected chi connectivity index (χ1v) is 5.70. The zero-order chi connectivity index (χ0) is 12.0. The molecule has 1 unspecified atom stereocenters. The van der Waals surface area contributed by atoms with Crippen molar-refractivity contribution in [1.29, 1.82) is 5.26 Å². The molecule has 0 bridgehead atoms. The minimum atomic E-state index is -0.389. The summed E-state index contributed by atoms with van der Waals surface area (Å²) < 4.78 is 1.96. The summed E-state index contributed by atoms with van der Waals surface area (Å²) in [5, 5.41) is 16.3. The van der Waals surface area contributed by atoms with Gasteiger partial charge in [0, 0.05) is 12.7 Å². The third-order valence-corrected chi connectivity index (χ3v) is 2.89. The average molecular weight is 220 g/mol. The van der Waals surface area contributed by atoms with Gasteiger partial charge in [0.05, 0.1) is 11.8 Å². The number of hydrogen-bond donors (Lipinski definition) is 1. The molecule has 4 nitrogen and oxygen atoms in total. The molecule has 0 saturated carbocycles. The molecule has 1 rings (SSSR count). The Hall–Kier alpha value is -1.34. The van der Waals surface area contributed by atoms with E-state index in [2.05, 4.69) is 16.5 Å². The first-order valence-electron chi connectivity index (χ1n) is 5.70. The highest BCUT2D eigenvalue weighted by atomic mass is 15.3. The van der Waals surface area contributed by atoms with Crippen molar-refractivity contribution in [1.82, 2.24) is 15.1 Å². The van der Waals surface area contributed by atoms with Gasteiger partial charge < -0.3 is 5.32 Å². The van der Waals surface area contributed by atoms with E-state index in [0.717, 1.165) is 31.5 Å². The average Bonchev–Trinajstić information content (AvgIpc) is 2.70. The molecule has 1 atom stereocenters. The quantitative estimate of drug-likeness (QED) is 0.744. The molecule has 1 aromatic heterocycles. The van der Waals surface area contributed by atoms with Crippen molar-refractivity contribution in [3.05, 3.63) is 18.0 Å². The largest absolute Gasteiger partial charge is 0.303 e. The van der Waals surface area contributed by atoms with Gasteiger partial charge in [-0.3, -0.25) is 4.68 Å². The number of nitriles is 1. The Balaban J connectivity index is 2.24. The van der Waals surface area contributed by atoms with Crippen molar-refractivity contribution in [3.8, 4) is 6.07 Å². The number of nitrogens with zero attached hydrogens (tertiary/aromatic N) is 3. The summed E-state index contributed by atoms with van der Waals surface area (Å²) in [7, 11) is 1.83. The number of unbranched alkanes of at least 4 members (excludes halogenated alkanes) is 1. The van der Waals surface area contributed by atoms with Crippen LogP contribution in [0.2, 0.25) is 0 Å². The van der Waals surface area contributed by atoms with Gasteiger partial charge in [0.1, 0.15) is 5.54 Å². The van der Waals surface area contributed by atoms with E-state index in [-0.39, 0.29) is 5.54 Å². The van der Waals surface area contributed by atoms with E-state index in [1.807, 2.05) is 37.8 Å². The van der Waals surface area contributed by atoms with Crippen molar-refractivity contribution in [3.63, 3.8) is 0 Å². The first kappa shape index (κ1) is 12.7. The molecule has 4 heteroatoms. The number of hydrogen-bond acceptors (Lipinski definition) is 3. The van der Waals surface area contributed by atoms with E-state index in [0.29, 0.717) is 0 Å². The van der Waals surface area contributed by atoms with Crippen LogP contribution in [0.25, 0.3) is 0 Å². The van der Waals surface area contributed by atoms with Gasteiger partial charge in [0.15, 0.2) is 0 Å². The van der Waals surface area contributed by atoms with Crippen molar-refractivity contribution in [2.75, 3.05) is 7.05 Å². The third-order valence-electron chi connectivity index (χ3n) is 2.89. The van der Waals surface area contributed by atoms with E-state index < -0.39 is 0 Å². The van der Waals surface area contributed by atoms with Crippen LogP contribution in [-0.4, -0.2) is 22.4 Å². The van der Waals surface area contributed by atoms with E-state index in [1.165, 1.54) is 0 Å². The molecule has 0 radical (unpaired) electrons. The van der Waals surface area contributed by atoms with Gasteiger partial charge in [-0.25, -0.2) is 0 Å². The lowest BCUT2D eigenvalue weighted by atomic mass is 9.97. The van der Waals surface area contributed by atoms with Gasteiger partial charge in [-0.15, -0.1) is 0 Å². The molecule has 0 aromatic carbocycles. The molecule has 0 aliphatic rings. The molecule has 1 heterocycles. The smallest absolute Gasteiger partial charge is 0.103 e. The molecule has 0 spiro atoms. The monoisotopic (exact) mass is 220 g/mol. The van der Waals surface area contributed by atoms with Crippen molar-refractivity contribution < 1.29 is 0 Å². The van der Waals surface area contributed by atoms with E-state index >= 15 is 0 Å². The number of aryl methyl sites for hydroxylation is 2. The second-order valence-electron chi connectivity index (χ2n) is 4.37. The Morgan fingerprint density at radius 1 is 1.56 bits per heavy atom. The van der Waals surface area contributed by atoms with Crippen molar-refractivity contribution in [2.45, 2.75) is 45.2 Å². The summed E-state index contributed by atoms with van der Waals surface area (Å²) in [4.78, 5) is 0. The molecule has 0 saturated heterocycles. The van der Waals surface area contributed by atoms with Gasteiger partial charge >= 0.3 is 0 Å². The summed E-state index contributed by atoms with van der Waals surface area (Å²) in [5.41, 5.74) is 0.664. The van der Waals surface area contributed by atoms with Gasteiger partial charge in [-0.2, -0.15) is 10.4 Å². The molecule has 88 valence electrons. The highest BCUT2D eigenvalue weighted by molar-refractivity contribution is 5.02. The molecular weight excluding hydrogens is 200 g/mol. The minimum absolute atomic E-state index is 0.389. The first-order chi connectivity index (χ1) is 7.59. The minimum Gasteiger partial charge on any atom is -0.303 e. The molecule has 0 fully saturated rings. The standard InChI is InChI=1S/C12H20N4/c1-11-6-9-16(15-11)8-5-4-7-12(2,10-13)14-3/h6,9,14H,4-5,7-8H2,1-3H3. The van der Waals surface area contributed by atoms with E-state index in [1.54, 1.807) is 0 Å². The van der Waals surface area contributed by atoms with Crippen LogP contribution >= 0.6 is 0 Å². The molecule has 0 aliphatic carbocycles.